The summed E-state index contributed by atoms with van der Waals surface area (Å²) in [4.78, 5) is 53.6. The van der Waals surface area contributed by atoms with Gasteiger partial charge in [0.1, 0.15) is 11.1 Å². The molecule has 9 nitrogen and oxygen atoms in total. The fourth-order valence-electron chi connectivity index (χ4n) is 5.44. The SMILES string of the molecule is CNC(=O)c1cc(NC(=O)C2(NC(=O)c3cc4ccccc4o3)CCCCC2)ccc1N1CCCC(=O)C1. The van der Waals surface area contributed by atoms with Gasteiger partial charge >= 0.3 is 0 Å². The van der Waals surface area contributed by atoms with Gasteiger partial charge in [0.15, 0.2) is 11.5 Å². The van der Waals surface area contributed by atoms with Crippen LogP contribution in [-0.2, 0) is 9.59 Å². The number of Topliss-reactive ketones (excluding diaryl/α,β-unsaturated/α-hetero) is 1. The quantitative estimate of drug-likeness (QED) is 0.455. The third-order valence-corrected chi connectivity index (χ3v) is 7.46. The molecule has 0 atom stereocenters. The molecule has 0 bridgehead atoms. The Labute approximate surface area is 220 Å². The number of hydrogen-bond donors (Lipinski definition) is 3. The van der Waals surface area contributed by atoms with E-state index in [2.05, 4.69) is 16.0 Å². The molecule has 1 saturated heterocycles. The van der Waals surface area contributed by atoms with E-state index in [0.29, 0.717) is 48.3 Å². The van der Waals surface area contributed by atoms with Crippen molar-refractivity contribution >= 4 is 45.8 Å². The molecule has 0 spiro atoms. The first-order valence-corrected chi connectivity index (χ1v) is 13.1. The van der Waals surface area contributed by atoms with Gasteiger partial charge in [-0.05, 0) is 49.6 Å². The van der Waals surface area contributed by atoms with Crippen molar-refractivity contribution in [3.63, 3.8) is 0 Å². The lowest BCUT2D eigenvalue weighted by atomic mass is 9.80. The second kappa shape index (κ2) is 10.7. The number of para-hydroxylation sites is 1. The number of anilines is 2. The predicted molar refractivity (Wildman–Crippen MR) is 144 cm³/mol. The molecule has 2 aromatic carbocycles. The molecule has 3 N–H and O–H groups in total. The molecule has 5 rings (SSSR count). The second-order valence-corrected chi connectivity index (χ2v) is 10.1. The van der Waals surface area contributed by atoms with Gasteiger partial charge in [0.05, 0.1) is 17.8 Å². The summed E-state index contributed by atoms with van der Waals surface area (Å²) in [5.74, 6) is -0.776. The molecular weight excluding hydrogens is 484 g/mol. The number of carbonyl (C=O) groups excluding carboxylic acids is 4. The van der Waals surface area contributed by atoms with Crippen LogP contribution in [0, 0.1) is 0 Å². The van der Waals surface area contributed by atoms with Crippen LogP contribution in [0.25, 0.3) is 11.0 Å². The zero-order valence-corrected chi connectivity index (χ0v) is 21.5. The van der Waals surface area contributed by atoms with Crippen LogP contribution in [-0.4, -0.2) is 49.2 Å². The predicted octanol–water partition coefficient (Wildman–Crippen LogP) is 4.03. The maximum atomic E-state index is 13.7. The Bertz CT molecular complexity index is 1360. The highest BCUT2D eigenvalue weighted by atomic mass is 16.3. The van der Waals surface area contributed by atoms with Crippen LogP contribution >= 0.6 is 0 Å². The van der Waals surface area contributed by atoms with Crippen molar-refractivity contribution in [1.29, 1.82) is 0 Å². The molecule has 2 fully saturated rings. The smallest absolute Gasteiger partial charge is 0.287 e. The Morgan fingerprint density at radius 1 is 0.947 bits per heavy atom. The van der Waals surface area contributed by atoms with E-state index in [4.69, 9.17) is 4.42 Å². The van der Waals surface area contributed by atoms with E-state index < -0.39 is 11.4 Å². The summed E-state index contributed by atoms with van der Waals surface area (Å²) in [6, 6.07) is 14.2. The number of rotatable bonds is 6. The van der Waals surface area contributed by atoms with Gasteiger partial charge in [0.25, 0.3) is 11.8 Å². The van der Waals surface area contributed by atoms with Crippen molar-refractivity contribution in [3.05, 3.63) is 59.9 Å². The molecule has 1 aliphatic heterocycles. The molecular formula is C29H32N4O5. The lowest BCUT2D eigenvalue weighted by molar-refractivity contribution is -0.123. The fraction of sp³-hybridized carbons (Fsp3) is 0.379. The van der Waals surface area contributed by atoms with Gasteiger partial charge < -0.3 is 25.3 Å². The van der Waals surface area contributed by atoms with Crippen molar-refractivity contribution in [2.75, 3.05) is 30.4 Å². The number of fused-ring (bicyclic) bond motifs is 1. The molecule has 1 aliphatic carbocycles. The number of furan rings is 1. The molecule has 0 radical (unpaired) electrons. The lowest BCUT2D eigenvalue weighted by Gasteiger charge is -2.36. The summed E-state index contributed by atoms with van der Waals surface area (Å²) >= 11 is 0. The van der Waals surface area contributed by atoms with Crippen LogP contribution in [0.15, 0.2) is 52.9 Å². The number of nitrogens with one attached hydrogen (secondary N) is 3. The van der Waals surface area contributed by atoms with Crippen molar-refractivity contribution < 1.29 is 23.6 Å². The van der Waals surface area contributed by atoms with E-state index in [0.717, 1.165) is 31.1 Å². The van der Waals surface area contributed by atoms with E-state index >= 15 is 0 Å². The summed E-state index contributed by atoms with van der Waals surface area (Å²) in [6.45, 7) is 0.936. The molecule has 0 unspecified atom stereocenters. The number of ketones is 1. The normalized spacial score (nSPS) is 17.2. The highest BCUT2D eigenvalue weighted by Gasteiger charge is 2.41. The highest BCUT2D eigenvalue weighted by Crippen LogP contribution is 2.32. The molecule has 2 heterocycles. The third kappa shape index (κ3) is 5.14. The average Bonchev–Trinajstić information content (AvgIpc) is 3.38. The summed E-state index contributed by atoms with van der Waals surface area (Å²) in [5.41, 5.74) is 0.991. The van der Waals surface area contributed by atoms with Gasteiger partial charge in [0.2, 0.25) is 5.91 Å². The number of amides is 3. The Kier molecular flexibility index (Phi) is 7.18. The summed E-state index contributed by atoms with van der Waals surface area (Å²) in [6.07, 6.45) is 4.87. The number of carbonyl (C=O) groups is 4. The number of hydrogen-bond acceptors (Lipinski definition) is 6. The average molecular weight is 517 g/mol. The van der Waals surface area contributed by atoms with Gasteiger partial charge in [-0.3, -0.25) is 19.2 Å². The topological polar surface area (TPSA) is 121 Å². The van der Waals surface area contributed by atoms with E-state index in [1.165, 1.54) is 0 Å². The van der Waals surface area contributed by atoms with Crippen molar-refractivity contribution in [1.82, 2.24) is 10.6 Å². The highest BCUT2D eigenvalue weighted by molar-refractivity contribution is 6.06. The van der Waals surface area contributed by atoms with E-state index in [1.807, 2.05) is 23.1 Å². The van der Waals surface area contributed by atoms with Crippen LogP contribution in [0.3, 0.4) is 0 Å². The minimum atomic E-state index is -1.10. The first-order chi connectivity index (χ1) is 18.4. The zero-order valence-electron chi connectivity index (χ0n) is 21.5. The lowest BCUT2D eigenvalue weighted by Crippen LogP contribution is -2.57. The molecule has 38 heavy (non-hydrogen) atoms. The Morgan fingerprint density at radius 3 is 2.47 bits per heavy atom. The van der Waals surface area contributed by atoms with Gasteiger partial charge in [-0.15, -0.1) is 0 Å². The molecule has 198 valence electrons. The standard InChI is InChI=1S/C29H32N4O5/c1-30-26(35)22-17-20(11-12-23(22)33-15-7-9-21(34)18-33)31-28(37)29(13-5-2-6-14-29)32-27(36)25-16-19-8-3-4-10-24(19)38-25/h3-4,8,10-12,16-17H,2,5-7,9,13-15,18H2,1H3,(H,30,35)(H,31,37)(H,32,36). The fourth-order valence-corrected chi connectivity index (χ4v) is 5.44. The summed E-state index contributed by atoms with van der Waals surface area (Å²) in [5, 5.41) is 9.39. The Balaban J connectivity index is 1.39. The zero-order chi connectivity index (χ0) is 26.7. The molecule has 9 heteroatoms. The monoisotopic (exact) mass is 516 g/mol. The van der Waals surface area contributed by atoms with Crippen LogP contribution in [0.4, 0.5) is 11.4 Å². The molecule has 2 aliphatic rings. The largest absolute Gasteiger partial charge is 0.451 e. The number of piperidine rings is 1. The van der Waals surface area contributed by atoms with E-state index in [9.17, 15) is 19.2 Å². The molecule has 3 aromatic rings. The molecule has 3 amide bonds. The molecule has 1 aromatic heterocycles. The first-order valence-electron chi connectivity index (χ1n) is 13.1. The number of benzene rings is 2. The van der Waals surface area contributed by atoms with Gasteiger partial charge in [-0.1, -0.05) is 37.5 Å². The Morgan fingerprint density at radius 2 is 1.74 bits per heavy atom. The van der Waals surface area contributed by atoms with Crippen molar-refractivity contribution in [3.8, 4) is 0 Å². The van der Waals surface area contributed by atoms with Crippen LogP contribution in [0.1, 0.15) is 65.9 Å². The Hall–Kier alpha value is -4.14. The summed E-state index contributed by atoms with van der Waals surface area (Å²) < 4.78 is 5.73. The van der Waals surface area contributed by atoms with Crippen molar-refractivity contribution in [2.24, 2.45) is 0 Å². The van der Waals surface area contributed by atoms with E-state index in [1.54, 1.807) is 37.4 Å². The maximum Gasteiger partial charge on any atom is 0.287 e. The van der Waals surface area contributed by atoms with Gasteiger partial charge in [0, 0.05) is 31.1 Å². The maximum absolute atomic E-state index is 13.7. The first kappa shape index (κ1) is 25.5. The minimum Gasteiger partial charge on any atom is -0.451 e. The van der Waals surface area contributed by atoms with Crippen LogP contribution in [0.2, 0.25) is 0 Å². The van der Waals surface area contributed by atoms with Crippen LogP contribution in [0.5, 0.6) is 0 Å². The second-order valence-electron chi connectivity index (χ2n) is 10.1. The van der Waals surface area contributed by atoms with Gasteiger partial charge in [-0.2, -0.15) is 0 Å². The van der Waals surface area contributed by atoms with E-state index in [-0.39, 0.29) is 29.9 Å². The van der Waals surface area contributed by atoms with Crippen molar-refractivity contribution in [2.45, 2.75) is 50.5 Å². The summed E-state index contributed by atoms with van der Waals surface area (Å²) in [7, 11) is 1.54. The van der Waals surface area contributed by atoms with Crippen LogP contribution < -0.4 is 20.9 Å². The van der Waals surface area contributed by atoms with Gasteiger partial charge in [-0.25, -0.2) is 0 Å². The third-order valence-electron chi connectivity index (χ3n) is 7.46. The minimum absolute atomic E-state index is 0.135. The molecule has 1 saturated carbocycles. The number of nitrogens with zero attached hydrogens (tertiary/aromatic N) is 1.